The Balaban J connectivity index is -0.000000187. The summed E-state index contributed by atoms with van der Waals surface area (Å²) in [7, 11) is 3.72. The normalized spacial score (nSPS) is 9.27. The summed E-state index contributed by atoms with van der Waals surface area (Å²) in [6, 6.07) is 0. The first-order valence-electron chi connectivity index (χ1n) is 4.22. The van der Waals surface area contributed by atoms with Crippen molar-refractivity contribution >= 4 is 53.0 Å². The van der Waals surface area contributed by atoms with Gasteiger partial charge in [-0.3, -0.25) is 0 Å². The molecule has 0 atom stereocenters. The summed E-state index contributed by atoms with van der Waals surface area (Å²) in [4.78, 5) is 9.91. The first kappa shape index (κ1) is 21.6. The maximum atomic E-state index is 9.91. The van der Waals surface area contributed by atoms with Crippen LogP contribution in [0.2, 0.25) is 22.8 Å². The number of carboxylic acid groups (broad SMARTS) is 1. The molecule has 0 aliphatic heterocycles. The van der Waals surface area contributed by atoms with Crippen molar-refractivity contribution in [2.24, 2.45) is 0 Å². The third-order valence-electron chi connectivity index (χ3n) is 0.834. The molecule has 0 amide bonds. The van der Waals surface area contributed by atoms with Crippen LogP contribution in [0.15, 0.2) is 0 Å². The number of rotatable bonds is 5. The first-order valence-corrected chi connectivity index (χ1v) is 18.2. The van der Waals surface area contributed by atoms with Gasteiger partial charge in [0.1, 0.15) is 0 Å². The Morgan fingerprint density at radius 2 is 1.53 bits per heavy atom. The van der Waals surface area contributed by atoms with Crippen LogP contribution in [0.3, 0.4) is 0 Å². The Morgan fingerprint density at radius 1 is 1.13 bits per heavy atom. The van der Waals surface area contributed by atoms with Gasteiger partial charge in [0.2, 0.25) is 0 Å². The van der Waals surface area contributed by atoms with E-state index >= 15 is 0 Å². The number of hydrogen-bond acceptors (Lipinski definition) is 3. The summed E-state index contributed by atoms with van der Waals surface area (Å²) >= 11 is -1.05. The van der Waals surface area contributed by atoms with Gasteiger partial charge in [-0.25, -0.2) is 0 Å². The van der Waals surface area contributed by atoms with Crippen molar-refractivity contribution in [3.8, 4) is 0 Å². The van der Waals surface area contributed by atoms with Gasteiger partial charge < -0.3 is 0 Å². The maximum absolute atomic E-state index is 9.91. The van der Waals surface area contributed by atoms with Crippen molar-refractivity contribution in [2.75, 3.05) is 11.5 Å². The summed E-state index contributed by atoms with van der Waals surface area (Å²) in [5.41, 5.74) is 8.98. The molecule has 0 saturated carbocycles. The zero-order valence-corrected chi connectivity index (χ0v) is 14.9. The van der Waals surface area contributed by atoms with Crippen molar-refractivity contribution in [1.82, 2.24) is 0 Å². The van der Waals surface area contributed by atoms with Crippen molar-refractivity contribution < 1.29 is 9.90 Å². The van der Waals surface area contributed by atoms with Gasteiger partial charge in [-0.2, -0.15) is 0 Å². The van der Waals surface area contributed by atoms with Gasteiger partial charge in [0.05, 0.1) is 0 Å². The number of carbonyl (C=O) groups is 1. The van der Waals surface area contributed by atoms with Crippen LogP contribution in [-0.4, -0.2) is 49.6 Å². The minimum absolute atomic E-state index is 0. The molecule has 0 rings (SSSR count). The van der Waals surface area contributed by atoms with Gasteiger partial charge in [0, 0.05) is 0 Å². The van der Waals surface area contributed by atoms with E-state index in [1.54, 1.807) is 10.0 Å². The monoisotopic (exact) mass is 378 g/mol. The Morgan fingerprint density at radius 3 is 1.60 bits per heavy atom. The van der Waals surface area contributed by atoms with E-state index < -0.39 is 19.5 Å². The minimum atomic E-state index is -0.746. The summed E-state index contributed by atoms with van der Waals surface area (Å²) in [5, 5.41) is 8.16. The molecule has 1 N–H and O–H groups in total. The molecule has 0 bridgehead atoms. The third-order valence-corrected chi connectivity index (χ3v) is 11.4. The molecule has 0 spiro atoms. The SMILES string of the molecule is C.CCS[As](C)C.C[As](C)SCC(=O)O. The molecule has 0 fully saturated rings. The fourth-order valence-electron chi connectivity index (χ4n) is 0.443. The molecule has 0 heterocycles. The molecule has 0 aliphatic carbocycles. The summed E-state index contributed by atoms with van der Waals surface area (Å²) in [6.07, 6.45) is 0. The van der Waals surface area contributed by atoms with Gasteiger partial charge in [-0.1, -0.05) is 7.43 Å². The van der Waals surface area contributed by atoms with Gasteiger partial charge in [-0.05, 0) is 0 Å². The van der Waals surface area contributed by atoms with E-state index in [1.807, 2.05) is 0 Å². The second-order valence-corrected chi connectivity index (χ2v) is 21.7. The van der Waals surface area contributed by atoms with Gasteiger partial charge in [0.25, 0.3) is 0 Å². The molecule has 0 unspecified atom stereocenters. The van der Waals surface area contributed by atoms with E-state index in [4.69, 9.17) is 5.11 Å². The van der Waals surface area contributed by atoms with Crippen molar-refractivity contribution in [1.29, 1.82) is 0 Å². The Hall–Kier alpha value is 1.29. The molecule has 0 aromatic carbocycles. The average molecular weight is 378 g/mol. The zero-order chi connectivity index (χ0) is 11.6. The molecule has 2 nitrogen and oxygen atoms in total. The molecule has 0 aromatic heterocycles. The fourth-order valence-corrected chi connectivity index (χ4v) is 6.90. The molecule has 15 heavy (non-hydrogen) atoms. The molecule has 94 valence electrons. The quantitative estimate of drug-likeness (QED) is 0.741. The van der Waals surface area contributed by atoms with Crippen LogP contribution >= 0.6 is 20.0 Å². The van der Waals surface area contributed by atoms with Gasteiger partial charge in [0.15, 0.2) is 0 Å². The van der Waals surface area contributed by atoms with Crippen LogP contribution < -0.4 is 0 Å². The molecule has 0 radical (unpaired) electrons. The molecular formula is C9H24As2O2S2. The zero-order valence-electron chi connectivity index (χ0n) is 9.48. The summed E-state index contributed by atoms with van der Waals surface area (Å²) in [6.45, 7) is 2.22. The van der Waals surface area contributed by atoms with Gasteiger partial charge >= 0.3 is 104 Å². The van der Waals surface area contributed by atoms with Crippen LogP contribution in [0, 0.1) is 0 Å². The first-order chi connectivity index (χ1) is 6.40. The molecule has 0 aromatic rings. The number of carboxylic acids is 1. The van der Waals surface area contributed by atoms with E-state index in [1.165, 1.54) is 5.75 Å². The van der Waals surface area contributed by atoms with Crippen molar-refractivity contribution in [3.63, 3.8) is 0 Å². The average Bonchev–Trinajstić information content (AvgIpc) is 2.01. The summed E-state index contributed by atoms with van der Waals surface area (Å²) in [5.74, 6) is 0.901. The molecule has 0 aliphatic rings. The fraction of sp³-hybridized carbons (Fsp3) is 0.889. The second-order valence-electron chi connectivity index (χ2n) is 2.71. The van der Waals surface area contributed by atoms with Gasteiger partial charge in [-0.15, -0.1) is 0 Å². The van der Waals surface area contributed by atoms with E-state index in [2.05, 4.69) is 39.8 Å². The van der Waals surface area contributed by atoms with E-state index in [0.29, 0.717) is 0 Å². The Kier molecular flexibility index (Phi) is 22.0. The van der Waals surface area contributed by atoms with Crippen LogP contribution in [0.5, 0.6) is 0 Å². The standard InChI is InChI=1S/C4H9AsO2S.C4H11AsS.CH4/c1-5(2)8-3-4(6)7;1-4-6-5(2)3;/h3H2,1-2H3,(H,6,7);4H2,1-3H3;1H4. The van der Waals surface area contributed by atoms with Crippen LogP contribution in [0.1, 0.15) is 14.4 Å². The molecular weight excluding hydrogens is 354 g/mol. The Labute approximate surface area is 111 Å². The van der Waals surface area contributed by atoms with Crippen LogP contribution in [0.4, 0.5) is 0 Å². The topological polar surface area (TPSA) is 37.3 Å². The van der Waals surface area contributed by atoms with E-state index in [-0.39, 0.29) is 26.7 Å². The molecule has 0 saturated heterocycles. The van der Waals surface area contributed by atoms with Crippen molar-refractivity contribution in [2.45, 2.75) is 37.2 Å². The summed E-state index contributed by atoms with van der Waals surface area (Å²) < 4.78 is 0. The molecule has 6 heteroatoms. The van der Waals surface area contributed by atoms with Crippen LogP contribution in [0.25, 0.3) is 0 Å². The predicted octanol–water partition coefficient (Wildman–Crippen LogP) is 3.68. The third kappa shape index (κ3) is 31.3. The number of aliphatic carboxylic acids is 1. The van der Waals surface area contributed by atoms with Crippen molar-refractivity contribution in [3.05, 3.63) is 0 Å². The predicted molar refractivity (Wildman–Crippen MR) is 79.9 cm³/mol. The Bertz CT molecular complexity index is 144. The van der Waals surface area contributed by atoms with Crippen LogP contribution in [-0.2, 0) is 4.79 Å². The van der Waals surface area contributed by atoms with E-state index in [9.17, 15) is 4.79 Å². The van der Waals surface area contributed by atoms with E-state index in [0.717, 1.165) is 0 Å². The number of hydrogen-bond donors (Lipinski definition) is 1. The second kappa shape index (κ2) is 15.3.